The number of alkyl carbamates (subject to hydrolysis) is 1. The van der Waals surface area contributed by atoms with E-state index < -0.39 is 11.7 Å². The highest BCUT2D eigenvalue weighted by atomic mass is 32.1. The molecule has 2 heterocycles. The van der Waals surface area contributed by atoms with Crippen molar-refractivity contribution in [3.05, 3.63) is 63.0 Å². The smallest absolute Gasteiger partial charge is 0.407 e. The number of carbonyl (C=O) groups excluding carboxylic acids is 1. The second kappa shape index (κ2) is 9.34. The van der Waals surface area contributed by atoms with Gasteiger partial charge in [0.15, 0.2) is 0 Å². The summed E-state index contributed by atoms with van der Waals surface area (Å²) in [6.07, 6.45) is -0.536. The van der Waals surface area contributed by atoms with Crippen molar-refractivity contribution in [2.75, 3.05) is 13.7 Å². The molecule has 184 valence electrons. The van der Waals surface area contributed by atoms with Crippen molar-refractivity contribution in [1.82, 2.24) is 10.3 Å². The molecular weight excluding hydrogens is 467 g/mol. The Balaban J connectivity index is 1.75. The van der Waals surface area contributed by atoms with Gasteiger partial charge in [-0.1, -0.05) is 19.1 Å². The zero-order valence-electron chi connectivity index (χ0n) is 20.7. The number of aromatic nitrogens is 1. The normalized spacial score (nSPS) is 12.7. The molecule has 0 fully saturated rings. The zero-order chi connectivity index (χ0) is 25.5. The Kier molecular flexibility index (Phi) is 6.60. The first-order valence-corrected chi connectivity index (χ1v) is 12.3. The third kappa shape index (κ3) is 4.89. The van der Waals surface area contributed by atoms with E-state index in [2.05, 4.69) is 10.3 Å². The quantitative estimate of drug-likeness (QED) is 0.331. The predicted molar refractivity (Wildman–Crippen MR) is 139 cm³/mol. The lowest BCUT2D eigenvalue weighted by Crippen LogP contribution is -2.34. The number of benzene rings is 2. The fraction of sp³-hybridized carbons (Fsp3) is 0.333. The second-order valence-electron chi connectivity index (χ2n) is 9.66. The summed E-state index contributed by atoms with van der Waals surface area (Å²) in [5.41, 5.74) is 2.66. The highest BCUT2D eigenvalue weighted by Gasteiger charge is 2.21. The predicted octanol–water partition coefficient (Wildman–Crippen LogP) is 6.49. The highest BCUT2D eigenvalue weighted by Crippen LogP contribution is 2.42. The van der Waals surface area contributed by atoms with Gasteiger partial charge in [0.25, 0.3) is 5.56 Å². The SMILES string of the molecule is COc1cc(C)c2[nH]c(=O)c3sccc3c2c1-c1ccc(C(C)CNC(=O)OC(C)(C)C)c(F)c1. The number of aromatic amines is 1. The molecule has 0 saturated heterocycles. The van der Waals surface area contributed by atoms with Crippen molar-refractivity contribution < 1.29 is 18.7 Å². The molecule has 1 unspecified atom stereocenters. The Bertz CT molecular complexity index is 1480. The summed E-state index contributed by atoms with van der Waals surface area (Å²) in [4.78, 5) is 27.6. The molecule has 1 amide bonds. The van der Waals surface area contributed by atoms with Crippen molar-refractivity contribution in [3.63, 3.8) is 0 Å². The molecule has 0 aliphatic carbocycles. The maximum Gasteiger partial charge on any atom is 0.407 e. The Morgan fingerprint density at radius 3 is 2.63 bits per heavy atom. The van der Waals surface area contributed by atoms with Crippen LogP contribution in [0.15, 0.2) is 40.5 Å². The number of carbonyl (C=O) groups is 1. The van der Waals surface area contributed by atoms with Gasteiger partial charge in [0.2, 0.25) is 0 Å². The topological polar surface area (TPSA) is 80.4 Å². The average Bonchev–Trinajstić information content (AvgIpc) is 3.27. The molecule has 8 heteroatoms. The fourth-order valence-electron chi connectivity index (χ4n) is 4.26. The first kappa shape index (κ1) is 24.7. The third-order valence-corrected chi connectivity index (χ3v) is 6.77. The number of H-pyrrole nitrogens is 1. The van der Waals surface area contributed by atoms with E-state index in [-0.39, 0.29) is 23.8 Å². The summed E-state index contributed by atoms with van der Waals surface area (Å²) in [6, 6.07) is 8.82. The van der Waals surface area contributed by atoms with Crippen LogP contribution in [-0.2, 0) is 4.74 Å². The van der Waals surface area contributed by atoms with Gasteiger partial charge in [0, 0.05) is 28.8 Å². The van der Waals surface area contributed by atoms with Gasteiger partial charge in [-0.2, -0.15) is 0 Å². The van der Waals surface area contributed by atoms with Gasteiger partial charge in [0.05, 0.1) is 12.6 Å². The van der Waals surface area contributed by atoms with Gasteiger partial charge >= 0.3 is 6.09 Å². The van der Waals surface area contributed by atoms with E-state index in [9.17, 15) is 9.59 Å². The lowest BCUT2D eigenvalue weighted by molar-refractivity contribution is 0.0525. The largest absolute Gasteiger partial charge is 0.496 e. The molecule has 1 atom stereocenters. The van der Waals surface area contributed by atoms with Crippen molar-refractivity contribution in [2.24, 2.45) is 0 Å². The summed E-state index contributed by atoms with van der Waals surface area (Å²) < 4.78 is 26.9. The number of ether oxygens (including phenoxy) is 2. The number of thiophene rings is 1. The van der Waals surface area contributed by atoms with Crippen LogP contribution in [0.5, 0.6) is 5.75 Å². The standard InChI is InChI=1S/C27H29FN2O4S/c1-14-11-20(33-6)21(22-18-9-10-35-24(18)25(31)30-23(14)22)16-7-8-17(19(28)12-16)15(2)13-29-26(32)34-27(3,4)5/h7-12,15H,13H2,1-6H3,(H,29,32)(H,30,31). The van der Waals surface area contributed by atoms with Crippen LogP contribution in [0.25, 0.3) is 32.1 Å². The van der Waals surface area contributed by atoms with E-state index in [0.717, 1.165) is 21.9 Å². The van der Waals surface area contributed by atoms with Crippen LogP contribution in [0.1, 0.15) is 44.7 Å². The maximum absolute atomic E-state index is 15.4. The molecule has 0 spiro atoms. The molecule has 4 rings (SSSR count). The molecule has 4 aromatic rings. The van der Waals surface area contributed by atoms with Gasteiger partial charge < -0.3 is 19.8 Å². The number of rotatable bonds is 5. The zero-order valence-corrected chi connectivity index (χ0v) is 21.5. The summed E-state index contributed by atoms with van der Waals surface area (Å²) in [7, 11) is 1.58. The minimum Gasteiger partial charge on any atom is -0.496 e. The summed E-state index contributed by atoms with van der Waals surface area (Å²) in [6.45, 7) is 9.35. The number of hydrogen-bond acceptors (Lipinski definition) is 5. The van der Waals surface area contributed by atoms with Crippen molar-refractivity contribution in [2.45, 2.75) is 46.1 Å². The Labute approximate surface area is 207 Å². The van der Waals surface area contributed by atoms with Crippen LogP contribution < -0.4 is 15.6 Å². The number of pyridine rings is 1. The van der Waals surface area contributed by atoms with E-state index >= 15 is 4.39 Å². The lowest BCUT2D eigenvalue weighted by atomic mass is 9.92. The lowest BCUT2D eigenvalue weighted by Gasteiger charge is -2.21. The van der Waals surface area contributed by atoms with Crippen molar-refractivity contribution in [1.29, 1.82) is 0 Å². The number of halogens is 1. The summed E-state index contributed by atoms with van der Waals surface area (Å²) >= 11 is 1.37. The Morgan fingerprint density at radius 1 is 1.23 bits per heavy atom. The van der Waals surface area contributed by atoms with Crippen LogP contribution in [0.4, 0.5) is 9.18 Å². The van der Waals surface area contributed by atoms with E-state index in [4.69, 9.17) is 9.47 Å². The number of amides is 1. The molecule has 2 aromatic carbocycles. The molecule has 0 aliphatic rings. The van der Waals surface area contributed by atoms with E-state index in [1.54, 1.807) is 33.9 Å². The van der Waals surface area contributed by atoms with Crippen molar-refractivity contribution in [3.8, 4) is 16.9 Å². The molecule has 2 aromatic heterocycles. The van der Waals surface area contributed by atoms with Gasteiger partial charge in [-0.15, -0.1) is 11.3 Å². The van der Waals surface area contributed by atoms with Gasteiger partial charge in [0.1, 0.15) is 21.9 Å². The molecule has 0 saturated carbocycles. The van der Waals surface area contributed by atoms with E-state index in [1.807, 2.05) is 37.4 Å². The summed E-state index contributed by atoms with van der Waals surface area (Å²) in [5.74, 6) is -0.0581. The number of hydrogen-bond donors (Lipinski definition) is 2. The minimum atomic E-state index is -0.603. The van der Waals surface area contributed by atoms with Crippen LogP contribution in [-0.4, -0.2) is 30.3 Å². The molecular formula is C27H29FN2O4S. The average molecular weight is 497 g/mol. The Morgan fingerprint density at radius 2 is 1.97 bits per heavy atom. The first-order valence-electron chi connectivity index (χ1n) is 11.4. The first-order chi connectivity index (χ1) is 16.5. The number of fused-ring (bicyclic) bond motifs is 3. The van der Waals surface area contributed by atoms with Gasteiger partial charge in [-0.25, -0.2) is 9.18 Å². The molecule has 2 N–H and O–H groups in total. The Hall–Kier alpha value is -3.39. The van der Waals surface area contributed by atoms with Crippen molar-refractivity contribution >= 4 is 38.4 Å². The maximum atomic E-state index is 15.4. The van der Waals surface area contributed by atoms with Crippen LogP contribution in [0.3, 0.4) is 0 Å². The second-order valence-corrected chi connectivity index (χ2v) is 10.6. The number of nitrogens with one attached hydrogen (secondary N) is 2. The van der Waals surface area contributed by atoms with Crippen LogP contribution >= 0.6 is 11.3 Å². The molecule has 0 aliphatic heterocycles. The molecule has 35 heavy (non-hydrogen) atoms. The summed E-state index contributed by atoms with van der Waals surface area (Å²) in [5, 5.41) is 6.21. The number of aryl methyl sites for hydroxylation is 1. The van der Waals surface area contributed by atoms with Gasteiger partial charge in [-0.05, 0) is 68.0 Å². The van der Waals surface area contributed by atoms with Gasteiger partial charge in [-0.3, -0.25) is 4.79 Å². The number of methoxy groups -OCH3 is 1. The molecule has 0 radical (unpaired) electrons. The van der Waals surface area contributed by atoms with Crippen LogP contribution in [0, 0.1) is 12.7 Å². The monoisotopic (exact) mass is 496 g/mol. The van der Waals surface area contributed by atoms with E-state index in [1.165, 1.54) is 17.4 Å². The minimum absolute atomic E-state index is 0.144. The third-order valence-electron chi connectivity index (χ3n) is 5.86. The van der Waals surface area contributed by atoms with E-state index in [0.29, 0.717) is 27.1 Å². The molecule has 6 nitrogen and oxygen atoms in total. The van der Waals surface area contributed by atoms with Crippen LogP contribution in [0.2, 0.25) is 0 Å². The highest BCUT2D eigenvalue weighted by molar-refractivity contribution is 7.17. The molecule has 0 bridgehead atoms. The fourth-order valence-corrected chi connectivity index (χ4v) is 5.05.